The third-order valence-corrected chi connectivity index (χ3v) is 31.2. The molecule has 16 N–H and O–H groups in total. The molecule has 30 unspecified atom stereocenters. The first-order valence-corrected chi connectivity index (χ1v) is 53.1. The number of rotatable bonds is 51. The molecule has 5 heterocycles. The largest absolute Gasteiger partial charge is 0.390 e. The molecule has 5 aliphatic heterocycles. The van der Waals surface area contributed by atoms with E-state index in [1.54, 1.807) is 41.0 Å². The zero-order valence-corrected chi connectivity index (χ0v) is 83.1. The second kappa shape index (κ2) is 61.8. The van der Waals surface area contributed by atoms with Crippen molar-refractivity contribution in [3.63, 3.8) is 0 Å². The van der Waals surface area contributed by atoms with Gasteiger partial charge in [0.2, 0.25) is 14.7 Å². The minimum atomic E-state index is -3.85. The Bertz CT molecular complexity index is 2810. The Morgan fingerprint density at radius 3 is 0.698 bits per heavy atom. The van der Waals surface area contributed by atoms with Gasteiger partial charge in [-0.15, -0.1) is 0 Å². The molecule has 0 aromatic carbocycles. The molecule has 126 heavy (non-hydrogen) atoms. The lowest BCUT2D eigenvalue weighted by Crippen LogP contribution is -2.59. The second-order valence-electron chi connectivity index (χ2n) is 34.8. The third-order valence-electron chi connectivity index (χ3n) is 20.6. The summed E-state index contributed by atoms with van der Waals surface area (Å²) in [5, 5.41) is 130. The van der Waals surface area contributed by atoms with Crippen LogP contribution in [-0.2, 0) is 116 Å². The van der Waals surface area contributed by atoms with Crippen molar-refractivity contribution in [1.82, 2.24) is 0 Å². The molecule has 41 nitrogen and oxygen atoms in total. The Labute approximate surface area is 747 Å². The molecule has 0 aromatic heterocycles. The average Bonchev–Trinajstić information content (AvgIpc) is 0.821. The van der Waals surface area contributed by atoms with E-state index >= 15 is 0 Å². The molecule has 0 bridgehead atoms. The van der Waals surface area contributed by atoms with Crippen LogP contribution in [0.4, 0.5) is 0 Å². The van der Waals surface area contributed by atoms with Crippen molar-refractivity contribution in [2.45, 2.75) is 391 Å². The summed E-state index contributed by atoms with van der Waals surface area (Å²) in [7, 11) is -16.5. The van der Waals surface area contributed by atoms with Crippen LogP contribution in [0.1, 0.15) is 191 Å². The molecule has 0 radical (unpaired) electrons. The van der Waals surface area contributed by atoms with E-state index in [0.717, 1.165) is 32.1 Å². The topological polar surface area (TPSA) is 594 Å². The van der Waals surface area contributed by atoms with Gasteiger partial charge in [0.15, 0.2) is 31.5 Å². The van der Waals surface area contributed by atoms with Crippen LogP contribution in [0, 0.1) is 11.8 Å². The molecule has 30 atom stereocenters. The van der Waals surface area contributed by atoms with Crippen molar-refractivity contribution >= 4 is 37.5 Å². The molecule has 756 valence electrons. The Morgan fingerprint density at radius 1 is 0.238 bits per heavy atom. The predicted octanol–water partition coefficient (Wildman–Crippen LogP) is 5.57. The first kappa shape index (κ1) is 124. The summed E-state index contributed by atoms with van der Waals surface area (Å²) in [6, 6.07) is 0. The lowest BCUT2D eigenvalue weighted by atomic mass is 9.92. The quantitative estimate of drug-likeness (QED) is 0.0261. The predicted molar refractivity (Wildman–Crippen MR) is 465 cm³/mol. The third kappa shape index (κ3) is 46.2. The molecule has 0 aromatic rings. The Morgan fingerprint density at radius 2 is 0.452 bits per heavy atom. The molecule has 0 amide bonds. The summed E-state index contributed by atoms with van der Waals surface area (Å²) >= 11 is 0. The van der Waals surface area contributed by atoms with Crippen LogP contribution in [0.25, 0.3) is 0 Å². The van der Waals surface area contributed by atoms with Crippen LogP contribution >= 0.6 is 37.5 Å². The van der Waals surface area contributed by atoms with Crippen LogP contribution in [0.3, 0.4) is 0 Å². The molecular formula is C80H165O41P5. The van der Waals surface area contributed by atoms with Gasteiger partial charge in [-0.1, -0.05) is 83.1 Å². The number of aliphatic hydroxyl groups excluding tert-OH is 13. The standard InChI is InChI=1S/C19H39O7P.C18H37O8P.C15H31O8P.2C14H29O9P/c1-13(2)24-12-16-18(21)17(20)15(5)19(26-16)23-10-8-7-9-11-25-27(6,22)14(3)4;1-12(2)24-11-14-15(19)16(20)17(21)18(26-14)23-9-7-6-8-10-25-27(5,22)13(3)4;1-9(2)20-6-7-21-15-11(5)13(16)14(17)12(23-15)8-22-24(18,19)10(3)4;2*1-8(2)20-5-6-21-14-13(17)12(16)11(15)10(23-14)7-22-24(18,19)9(3)4/h13-21H,7-12H2,1-6H3;12-21H,6-11H2,1-5H3;9-17H,6-8H2,1-5H3,(H,18,19);2*8-17H,5-7H2,1-4H3,(H,18,19). The number of aliphatic hydroxyl groups is 13. The van der Waals surface area contributed by atoms with Crippen LogP contribution in [0.5, 0.6) is 0 Å². The smallest absolute Gasteiger partial charge is 0.330 e. The lowest BCUT2D eigenvalue weighted by molar-refractivity contribution is -0.304. The van der Waals surface area contributed by atoms with E-state index in [0.29, 0.717) is 39.5 Å². The van der Waals surface area contributed by atoms with E-state index in [2.05, 4.69) is 0 Å². The van der Waals surface area contributed by atoms with Gasteiger partial charge in [0, 0.05) is 49.7 Å². The molecular weight excluding hydrogens is 1770 g/mol. The van der Waals surface area contributed by atoms with Crippen LogP contribution < -0.4 is 0 Å². The molecule has 5 aliphatic rings. The minimum Gasteiger partial charge on any atom is -0.390 e. The zero-order valence-electron chi connectivity index (χ0n) is 78.7. The molecule has 46 heteroatoms. The maximum absolute atomic E-state index is 12.1. The first-order chi connectivity index (χ1) is 58.3. The van der Waals surface area contributed by atoms with E-state index in [-0.39, 0.29) is 101 Å². The van der Waals surface area contributed by atoms with Gasteiger partial charge in [-0.2, -0.15) is 0 Å². The van der Waals surface area contributed by atoms with Crippen molar-refractivity contribution in [1.29, 1.82) is 0 Å². The first-order valence-electron chi connectivity index (χ1n) is 43.9. The summed E-state index contributed by atoms with van der Waals surface area (Å²) in [5.74, 6) is -0.781. The van der Waals surface area contributed by atoms with E-state index in [4.69, 9.17) is 93.7 Å². The highest BCUT2D eigenvalue weighted by Gasteiger charge is 2.50. The number of hydrogen-bond donors (Lipinski definition) is 16. The normalized spacial score (nSPS) is 32.8. The summed E-state index contributed by atoms with van der Waals surface area (Å²) in [6.07, 6.45) is -21.4. The fourth-order valence-corrected chi connectivity index (χ4v) is 14.8. The van der Waals surface area contributed by atoms with Gasteiger partial charge in [0.25, 0.3) is 0 Å². The molecule has 5 fully saturated rings. The summed E-state index contributed by atoms with van der Waals surface area (Å²) in [6.45, 7) is 44.8. The lowest BCUT2D eigenvalue weighted by Gasteiger charge is -2.41. The fraction of sp³-hybridized carbons (Fsp3) is 1.00. The molecule has 5 saturated heterocycles. The van der Waals surface area contributed by atoms with E-state index in [1.165, 1.54) is 27.7 Å². The Kier molecular flexibility index (Phi) is 60.7. The van der Waals surface area contributed by atoms with Gasteiger partial charge >= 0.3 is 22.8 Å². The molecule has 5 rings (SSSR count). The van der Waals surface area contributed by atoms with E-state index < -0.39 is 215 Å². The van der Waals surface area contributed by atoms with Crippen molar-refractivity contribution < 1.29 is 198 Å². The second-order valence-corrected chi connectivity index (χ2v) is 48.3. The van der Waals surface area contributed by atoms with Crippen LogP contribution in [0.2, 0.25) is 0 Å². The monoisotopic (exact) mass is 1940 g/mol. The van der Waals surface area contributed by atoms with Crippen LogP contribution in [-0.4, -0.2) is 394 Å². The molecule has 0 spiro atoms. The summed E-state index contributed by atoms with van der Waals surface area (Å²) < 4.78 is 168. The van der Waals surface area contributed by atoms with Gasteiger partial charge < -0.3 is 175 Å². The Hall–Kier alpha value is -0.290. The minimum absolute atomic E-state index is 0.0140. The highest BCUT2D eigenvalue weighted by atomic mass is 31.2. The number of unbranched alkanes of at least 4 members (excludes halogenated alkanes) is 4. The van der Waals surface area contributed by atoms with Gasteiger partial charge in [0.05, 0.1) is 146 Å². The SMILES string of the molecule is CC(C)OCC1OC(OCCCCCOP(C)(=O)C(C)C)C(C)C(O)C1O.CC(C)OCC1OC(OCCCCCOP(C)(=O)C(C)C)C(O)C(O)C1O.CC(C)OCCOC1OC(COP(=O)(O)C(C)C)C(O)C(O)C1C.CC(C)OCCOC1OC(COP(=O)(O)C(C)C)C(O)C(O)C1O.CC(C)OCCOC1OC(COP(=O)(O)C(C)C)C(O)C(O)C1O. The van der Waals surface area contributed by atoms with Crippen LogP contribution in [0.15, 0.2) is 0 Å². The molecule has 0 aliphatic carbocycles. The highest BCUT2D eigenvalue weighted by Crippen LogP contribution is 2.51. The average molecular weight is 1940 g/mol. The van der Waals surface area contributed by atoms with Gasteiger partial charge in [-0.3, -0.25) is 22.8 Å². The van der Waals surface area contributed by atoms with Gasteiger partial charge in [-0.05, 0) is 108 Å². The van der Waals surface area contributed by atoms with Gasteiger partial charge in [-0.25, -0.2) is 0 Å². The maximum Gasteiger partial charge on any atom is 0.330 e. The van der Waals surface area contributed by atoms with Crippen molar-refractivity contribution in [3.8, 4) is 0 Å². The van der Waals surface area contributed by atoms with E-state index in [1.807, 2.05) is 96.9 Å². The zero-order chi connectivity index (χ0) is 96.7. The highest BCUT2D eigenvalue weighted by molar-refractivity contribution is 7.59. The molecule has 0 saturated carbocycles. The van der Waals surface area contributed by atoms with Crippen molar-refractivity contribution in [2.24, 2.45) is 11.8 Å². The fourth-order valence-electron chi connectivity index (χ4n) is 11.2. The number of hydrogen-bond acceptors (Lipinski definition) is 38. The van der Waals surface area contributed by atoms with Crippen molar-refractivity contribution in [3.05, 3.63) is 0 Å². The number of ether oxygens (including phenoxy) is 15. The van der Waals surface area contributed by atoms with E-state index in [9.17, 15) is 104 Å². The Balaban J connectivity index is 0.000000788. The van der Waals surface area contributed by atoms with Crippen molar-refractivity contribution in [2.75, 3.05) is 112 Å². The maximum atomic E-state index is 12.1. The van der Waals surface area contributed by atoms with Gasteiger partial charge in [0.1, 0.15) is 97.7 Å². The summed E-state index contributed by atoms with van der Waals surface area (Å²) in [5.41, 5.74) is -1.74. The summed E-state index contributed by atoms with van der Waals surface area (Å²) in [4.78, 5) is 29.0.